The van der Waals surface area contributed by atoms with E-state index in [-0.39, 0.29) is 5.92 Å². The van der Waals surface area contributed by atoms with E-state index in [0.717, 1.165) is 25.7 Å². The maximum atomic E-state index is 12.9. The lowest BCUT2D eigenvalue weighted by atomic mass is 10.0. The number of hydrogen-bond donors (Lipinski definition) is 1. The van der Waals surface area contributed by atoms with Gasteiger partial charge in [0.15, 0.2) is 0 Å². The summed E-state index contributed by atoms with van der Waals surface area (Å²) in [6, 6.07) is 4.49. The Hall–Kier alpha value is -1.91. The van der Waals surface area contributed by atoms with Crippen molar-refractivity contribution in [2.45, 2.75) is 52.5 Å². The fraction of sp³-hybridized carbons (Fsp3) is 0.556. The van der Waals surface area contributed by atoms with Gasteiger partial charge in [0.05, 0.1) is 6.61 Å². The molecule has 128 valence electrons. The van der Waals surface area contributed by atoms with Crippen molar-refractivity contribution in [3.05, 3.63) is 35.6 Å². The van der Waals surface area contributed by atoms with Gasteiger partial charge in [-0.2, -0.15) is 0 Å². The lowest BCUT2D eigenvalue weighted by molar-refractivity contribution is -0.147. The van der Waals surface area contributed by atoms with Crippen LogP contribution in [0.5, 0.6) is 0 Å². The molecular weight excluding hydrogens is 297 g/mol. The Labute approximate surface area is 137 Å². The molecule has 0 heterocycles. The van der Waals surface area contributed by atoms with Crippen molar-refractivity contribution in [3.8, 4) is 0 Å². The van der Waals surface area contributed by atoms with Crippen LogP contribution in [0.3, 0.4) is 0 Å². The zero-order valence-electron chi connectivity index (χ0n) is 14.1. The highest BCUT2D eigenvalue weighted by Crippen LogP contribution is 2.09. The molecule has 0 aliphatic carbocycles. The maximum Gasteiger partial charge on any atom is 0.328 e. The van der Waals surface area contributed by atoms with Gasteiger partial charge < -0.3 is 10.1 Å². The van der Waals surface area contributed by atoms with Gasteiger partial charge in [0.25, 0.3) is 5.91 Å². The van der Waals surface area contributed by atoms with Crippen LogP contribution in [0.2, 0.25) is 0 Å². The van der Waals surface area contributed by atoms with E-state index in [9.17, 15) is 14.0 Å². The molecule has 1 unspecified atom stereocenters. The second-order valence-electron chi connectivity index (χ2n) is 5.93. The Bertz CT molecular complexity index is 499. The summed E-state index contributed by atoms with van der Waals surface area (Å²) in [6.07, 6.45) is 4.09. The van der Waals surface area contributed by atoms with E-state index < -0.39 is 23.7 Å². The molecule has 0 radical (unpaired) electrons. The number of halogens is 1. The van der Waals surface area contributed by atoms with Gasteiger partial charge in [0, 0.05) is 5.56 Å². The molecule has 1 aromatic rings. The molecule has 1 N–H and O–H groups in total. The highest BCUT2D eigenvalue weighted by molar-refractivity contribution is 5.96. The molecule has 0 aromatic heterocycles. The van der Waals surface area contributed by atoms with Crippen LogP contribution >= 0.6 is 0 Å². The molecule has 0 saturated heterocycles. The van der Waals surface area contributed by atoms with Gasteiger partial charge in [-0.25, -0.2) is 9.18 Å². The van der Waals surface area contributed by atoms with Crippen LogP contribution in [0.15, 0.2) is 24.3 Å². The van der Waals surface area contributed by atoms with Gasteiger partial charge >= 0.3 is 5.97 Å². The molecule has 0 aliphatic heterocycles. The van der Waals surface area contributed by atoms with Gasteiger partial charge in [-0.15, -0.1) is 0 Å². The summed E-state index contributed by atoms with van der Waals surface area (Å²) in [4.78, 5) is 24.3. The number of hydrogen-bond acceptors (Lipinski definition) is 3. The van der Waals surface area contributed by atoms with Gasteiger partial charge in [0.2, 0.25) is 0 Å². The zero-order valence-corrected chi connectivity index (χ0v) is 14.1. The summed E-state index contributed by atoms with van der Waals surface area (Å²) in [7, 11) is 0. The number of unbranched alkanes of at least 4 members (excludes halogenated alkanes) is 3. The Morgan fingerprint density at radius 3 is 2.35 bits per heavy atom. The molecule has 0 bridgehead atoms. The standard InChI is InChI=1S/C18H26FNO3/c1-4-5-6-7-12-23-18(22)16(13(2)3)20-17(21)14-8-10-15(19)11-9-14/h8-11,13,16H,4-7,12H2,1-3H3,(H,20,21). The highest BCUT2D eigenvalue weighted by atomic mass is 19.1. The molecule has 0 saturated carbocycles. The summed E-state index contributed by atoms with van der Waals surface area (Å²) in [5, 5.41) is 2.67. The number of nitrogens with one attached hydrogen (secondary N) is 1. The largest absolute Gasteiger partial charge is 0.464 e. The molecule has 23 heavy (non-hydrogen) atoms. The molecule has 0 spiro atoms. The number of carbonyl (C=O) groups is 2. The zero-order chi connectivity index (χ0) is 17.2. The molecule has 5 heteroatoms. The van der Waals surface area contributed by atoms with Crippen LogP contribution in [0.25, 0.3) is 0 Å². The number of esters is 1. The lowest BCUT2D eigenvalue weighted by Crippen LogP contribution is -2.45. The number of benzene rings is 1. The van der Waals surface area contributed by atoms with Crippen LogP contribution in [0, 0.1) is 11.7 Å². The minimum absolute atomic E-state index is 0.0949. The molecule has 1 amide bonds. The van der Waals surface area contributed by atoms with E-state index >= 15 is 0 Å². The summed E-state index contributed by atoms with van der Waals surface area (Å²) < 4.78 is 18.1. The fourth-order valence-corrected chi connectivity index (χ4v) is 2.11. The van der Waals surface area contributed by atoms with Crippen LogP contribution < -0.4 is 5.32 Å². The lowest BCUT2D eigenvalue weighted by Gasteiger charge is -2.21. The second-order valence-corrected chi connectivity index (χ2v) is 5.93. The number of carbonyl (C=O) groups excluding carboxylic acids is 2. The highest BCUT2D eigenvalue weighted by Gasteiger charge is 2.26. The maximum absolute atomic E-state index is 12.9. The summed E-state index contributed by atoms with van der Waals surface area (Å²) in [5.74, 6) is -1.34. The van der Waals surface area contributed by atoms with Gasteiger partial charge in [0.1, 0.15) is 11.9 Å². The number of rotatable bonds is 9. The number of ether oxygens (including phenoxy) is 1. The molecular formula is C18H26FNO3. The van der Waals surface area contributed by atoms with Crippen molar-refractivity contribution in [2.75, 3.05) is 6.61 Å². The van der Waals surface area contributed by atoms with Crippen molar-refractivity contribution >= 4 is 11.9 Å². The molecule has 0 fully saturated rings. The van der Waals surface area contributed by atoms with Crippen molar-refractivity contribution in [1.82, 2.24) is 5.32 Å². The van der Waals surface area contributed by atoms with E-state index in [2.05, 4.69) is 12.2 Å². The minimum atomic E-state index is -0.710. The van der Waals surface area contributed by atoms with Crippen molar-refractivity contribution in [1.29, 1.82) is 0 Å². The molecule has 1 aromatic carbocycles. The van der Waals surface area contributed by atoms with Crippen molar-refractivity contribution < 1.29 is 18.7 Å². The summed E-state index contributed by atoms with van der Waals surface area (Å²) >= 11 is 0. The van der Waals surface area contributed by atoms with E-state index in [1.165, 1.54) is 24.3 Å². The first kappa shape index (κ1) is 19.1. The molecule has 1 atom stereocenters. The second kappa shape index (κ2) is 9.98. The van der Waals surface area contributed by atoms with Gasteiger partial charge in [-0.05, 0) is 36.6 Å². The summed E-state index contributed by atoms with van der Waals surface area (Å²) in [6.45, 7) is 6.17. The third kappa shape index (κ3) is 6.80. The Morgan fingerprint density at radius 2 is 1.78 bits per heavy atom. The average Bonchev–Trinajstić information content (AvgIpc) is 2.52. The van der Waals surface area contributed by atoms with E-state index in [0.29, 0.717) is 12.2 Å². The average molecular weight is 323 g/mol. The SMILES string of the molecule is CCCCCCOC(=O)C(NC(=O)c1ccc(F)cc1)C(C)C. The van der Waals surface area contributed by atoms with Crippen molar-refractivity contribution in [2.24, 2.45) is 5.92 Å². The van der Waals surface area contributed by atoms with Crippen LogP contribution in [-0.2, 0) is 9.53 Å². The first-order valence-corrected chi connectivity index (χ1v) is 8.18. The monoisotopic (exact) mass is 323 g/mol. The smallest absolute Gasteiger partial charge is 0.328 e. The topological polar surface area (TPSA) is 55.4 Å². The van der Waals surface area contributed by atoms with E-state index in [1.807, 2.05) is 13.8 Å². The van der Waals surface area contributed by atoms with Gasteiger partial charge in [-0.1, -0.05) is 40.0 Å². The van der Waals surface area contributed by atoms with Crippen LogP contribution in [0.1, 0.15) is 56.8 Å². The van der Waals surface area contributed by atoms with Crippen LogP contribution in [0.4, 0.5) is 4.39 Å². The third-order valence-electron chi connectivity index (χ3n) is 3.56. The molecule has 4 nitrogen and oxygen atoms in total. The van der Waals surface area contributed by atoms with Crippen molar-refractivity contribution in [3.63, 3.8) is 0 Å². The first-order chi connectivity index (χ1) is 11.0. The minimum Gasteiger partial charge on any atom is -0.464 e. The predicted molar refractivity (Wildman–Crippen MR) is 87.6 cm³/mol. The molecule has 1 rings (SSSR count). The van der Waals surface area contributed by atoms with Crippen LogP contribution in [-0.4, -0.2) is 24.5 Å². The van der Waals surface area contributed by atoms with Gasteiger partial charge in [-0.3, -0.25) is 4.79 Å². The van der Waals surface area contributed by atoms with E-state index in [4.69, 9.17) is 4.74 Å². The Kier molecular flexibility index (Phi) is 8.30. The molecule has 0 aliphatic rings. The van der Waals surface area contributed by atoms with E-state index in [1.54, 1.807) is 0 Å². The predicted octanol–water partition coefficient (Wildman–Crippen LogP) is 3.70. The summed E-state index contributed by atoms with van der Waals surface area (Å²) in [5.41, 5.74) is 0.313. The first-order valence-electron chi connectivity index (χ1n) is 8.18. The number of amides is 1. The Morgan fingerprint density at radius 1 is 1.13 bits per heavy atom. The third-order valence-corrected chi connectivity index (χ3v) is 3.56. The Balaban J connectivity index is 2.55. The quantitative estimate of drug-likeness (QED) is 0.557. The normalized spacial score (nSPS) is 12.0. The fourth-order valence-electron chi connectivity index (χ4n) is 2.11.